The van der Waals surface area contributed by atoms with E-state index in [4.69, 9.17) is 0 Å². The maximum Gasteiger partial charge on any atom is 0.295 e. The van der Waals surface area contributed by atoms with E-state index in [9.17, 15) is 13.2 Å². The van der Waals surface area contributed by atoms with Gasteiger partial charge in [0.2, 0.25) is 0 Å². The molecular formula is C7H8F3N. The van der Waals surface area contributed by atoms with E-state index in [1.807, 2.05) is 0 Å². The Morgan fingerprint density at radius 2 is 2.09 bits per heavy atom. The zero-order chi connectivity index (χ0) is 8.32. The van der Waals surface area contributed by atoms with Gasteiger partial charge in [-0.05, 0) is 6.08 Å². The minimum Gasteiger partial charge on any atom is -0.224 e. The predicted octanol–water partition coefficient (Wildman–Crippen LogP) is 1.98. The molecule has 0 saturated heterocycles. The molecule has 1 aliphatic carbocycles. The molecule has 1 N–H and O–H groups in total. The van der Waals surface area contributed by atoms with Crippen molar-refractivity contribution >= 4 is 0 Å². The summed E-state index contributed by atoms with van der Waals surface area (Å²) < 4.78 is 36.4. The van der Waals surface area contributed by atoms with Crippen LogP contribution >= 0.6 is 0 Å². The van der Waals surface area contributed by atoms with Crippen molar-refractivity contribution in [2.24, 2.45) is 0 Å². The monoisotopic (exact) mass is 163 g/mol. The van der Waals surface area contributed by atoms with Crippen LogP contribution in [0.15, 0.2) is 24.3 Å². The molecule has 1 atom stereocenters. The van der Waals surface area contributed by atoms with Gasteiger partial charge < -0.3 is 0 Å². The molecule has 1 unspecified atom stereocenters. The lowest BCUT2D eigenvalue weighted by Gasteiger charge is -2.22. The van der Waals surface area contributed by atoms with E-state index in [-0.39, 0.29) is 6.42 Å². The van der Waals surface area contributed by atoms with Crippen molar-refractivity contribution in [3.05, 3.63) is 24.3 Å². The number of alkyl halides is 3. The molecule has 0 aliphatic heterocycles. The van der Waals surface area contributed by atoms with Crippen LogP contribution in [0.25, 0.3) is 0 Å². The maximum atomic E-state index is 13.1. The minimum absolute atomic E-state index is 0.0478. The normalized spacial score (nSPS) is 29.8. The Kier molecular flexibility index (Phi) is 2.34. The van der Waals surface area contributed by atoms with E-state index in [0.717, 1.165) is 6.08 Å². The van der Waals surface area contributed by atoms with Crippen LogP contribution in [0.4, 0.5) is 13.2 Å². The second-order valence-electron chi connectivity index (χ2n) is 2.30. The lowest BCUT2D eigenvalue weighted by atomic mass is 10.1. The number of rotatable bonds is 2. The number of hydrogen-bond acceptors (Lipinski definition) is 1. The third kappa shape index (κ3) is 2.38. The van der Waals surface area contributed by atoms with Crippen molar-refractivity contribution in [1.82, 2.24) is 5.32 Å². The topological polar surface area (TPSA) is 12.0 Å². The van der Waals surface area contributed by atoms with Gasteiger partial charge in [0.15, 0.2) is 5.79 Å². The van der Waals surface area contributed by atoms with E-state index in [2.05, 4.69) is 0 Å². The van der Waals surface area contributed by atoms with Gasteiger partial charge in [0, 0.05) is 6.42 Å². The third-order valence-electron chi connectivity index (χ3n) is 1.37. The molecule has 0 heterocycles. The number of nitrogens with one attached hydrogen (secondary N) is 1. The molecule has 0 radical (unpaired) electrons. The van der Waals surface area contributed by atoms with Gasteiger partial charge in [0.1, 0.15) is 0 Å². The molecule has 11 heavy (non-hydrogen) atoms. The molecule has 0 aromatic heterocycles. The molecule has 1 rings (SSSR count). The van der Waals surface area contributed by atoms with Crippen LogP contribution in [-0.4, -0.2) is 12.3 Å². The molecule has 62 valence electrons. The first-order valence-corrected chi connectivity index (χ1v) is 3.21. The van der Waals surface area contributed by atoms with E-state index in [0.29, 0.717) is 0 Å². The predicted molar refractivity (Wildman–Crippen MR) is 35.9 cm³/mol. The van der Waals surface area contributed by atoms with E-state index < -0.39 is 12.3 Å². The number of hydrogen-bond donors (Lipinski definition) is 1. The fourth-order valence-electron chi connectivity index (χ4n) is 0.883. The van der Waals surface area contributed by atoms with E-state index in [1.54, 1.807) is 6.08 Å². The lowest BCUT2D eigenvalue weighted by molar-refractivity contribution is 0.0273. The van der Waals surface area contributed by atoms with Crippen LogP contribution in [0, 0.1) is 0 Å². The Morgan fingerprint density at radius 1 is 1.36 bits per heavy atom. The number of allylic oxidation sites excluding steroid dienone is 2. The van der Waals surface area contributed by atoms with Gasteiger partial charge in [-0.1, -0.05) is 18.2 Å². The largest absolute Gasteiger partial charge is 0.295 e. The first kappa shape index (κ1) is 8.33. The molecule has 1 nitrogen and oxygen atoms in total. The lowest BCUT2D eigenvalue weighted by Crippen LogP contribution is -2.42. The smallest absolute Gasteiger partial charge is 0.224 e. The molecule has 0 aromatic carbocycles. The SMILES string of the molecule is FC(F)NC1(F)C=CC=CC1. The third-order valence-corrected chi connectivity index (χ3v) is 1.37. The van der Waals surface area contributed by atoms with Gasteiger partial charge in [-0.15, -0.1) is 0 Å². The van der Waals surface area contributed by atoms with Gasteiger partial charge in [-0.3, -0.25) is 0 Å². The quantitative estimate of drug-likeness (QED) is 0.614. The average molecular weight is 163 g/mol. The molecule has 0 saturated carbocycles. The standard InChI is InChI=1S/C7H8F3N/c8-6(9)11-7(10)4-2-1-3-5-7/h1-4,6,11H,5H2. The summed E-state index contributed by atoms with van der Waals surface area (Å²) in [4.78, 5) is 0. The van der Waals surface area contributed by atoms with Crippen LogP contribution in [0.3, 0.4) is 0 Å². The van der Waals surface area contributed by atoms with Crippen molar-refractivity contribution in [3.63, 3.8) is 0 Å². The molecule has 0 spiro atoms. The molecular weight excluding hydrogens is 155 g/mol. The van der Waals surface area contributed by atoms with Crippen molar-refractivity contribution in [2.45, 2.75) is 18.8 Å². The van der Waals surface area contributed by atoms with Crippen molar-refractivity contribution < 1.29 is 13.2 Å². The summed E-state index contributed by atoms with van der Waals surface area (Å²) in [5.41, 5.74) is 0. The van der Waals surface area contributed by atoms with Crippen LogP contribution in [0.1, 0.15) is 6.42 Å². The van der Waals surface area contributed by atoms with Crippen LogP contribution in [-0.2, 0) is 0 Å². The molecule has 0 fully saturated rings. The highest BCUT2D eigenvalue weighted by Crippen LogP contribution is 2.20. The first-order valence-electron chi connectivity index (χ1n) is 3.21. The summed E-state index contributed by atoms with van der Waals surface area (Å²) in [5.74, 6) is -2.07. The summed E-state index contributed by atoms with van der Waals surface area (Å²) in [6.45, 7) is -2.82. The Bertz CT molecular complexity index is 188. The summed E-state index contributed by atoms with van der Waals surface area (Å²) in [6.07, 6.45) is 5.55. The summed E-state index contributed by atoms with van der Waals surface area (Å²) >= 11 is 0. The zero-order valence-corrected chi connectivity index (χ0v) is 5.73. The van der Waals surface area contributed by atoms with Gasteiger partial charge in [-0.25, -0.2) is 9.71 Å². The fourth-order valence-corrected chi connectivity index (χ4v) is 0.883. The molecule has 0 amide bonds. The van der Waals surface area contributed by atoms with E-state index >= 15 is 0 Å². The highest BCUT2D eigenvalue weighted by molar-refractivity contribution is 5.17. The second kappa shape index (κ2) is 3.09. The maximum absolute atomic E-state index is 13.1. The molecule has 1 aliphatic rings. The average Bonchev–Trinajstić information content (AvgIpc) is 1.85. The van der Waals surface area contributed by atoms with Gasteiger partial charge in [0.05, 0.1) is 0 Å². The van der Waals surface area contributed by atoms with Gasteiger partial charge in [0.25, 0.3) is 6.55 Å². The fraction of sp³-hybridized carbons (Fsp3) is 0.429. The first-order chi connectivity index (χ1) is 5.12. The zero-order valence-electron chi connectivity index (χ0n) is 5.73. The summed E-state index contributed by atoms with van der Waals surface area (Å²) in [5, 5.41) is 1.52. The summed E-state index contributed by atoms with van der Waals surface area (Å²) in [7, 11) is 0. The summed E-state index contributed by atoms with van der Waals surface area (Å²) in [6, 6.07) is 0. The molecule has 4 heteroatoms. The Hall–Kier alpha value is -0.770. The highest BCUT2D eigenvalue weighted by atomic mass is 19.3. The van der Waals surface area contributed by atoms with Gasteiger partial charge in [-0.2, -0.15) is 8.78 Å². The van der Waals surface area contributed by atoms with Crippen molar-refractivity contribution in [2.75, 3.05) is 0 Å². The Balaban J connectivity index is 2.54. The van der Waals surface area contributed by atoms with Crippen molar-refractivity contribution in [3.8, 4) is 0 Å². The van der Waals surface area contributed by atoms with Crippen LogP contribution in [0.2, 0.25) is 0 Å². The number of halogens is 3. The second-order valence-corrected chi connectivity index (χ2v) is 2.30. The van der Waals surface area contributed by atoms with Crippen LogP contribution < -0.4 is 5.32 Å². The molecule has 0 aromatic rings. The highest BCUT2D eigenvalue weighted by Gasteiger charge is 2.28. The van der Waals surface area contributed by atoms with E-state index in [1.165, 1.54) is 17.5 Å². The Morgan fingerprint density at radius 3 is 2.55 bits per heavy atom. The van der Waals surface area contributed by atoms with Gasteiger partial charge >= 0.3 is 0 Å². The Labute approximate surface area is 62.6 Å². The van der Waals surface area contributed by atoms with Crippen molar-refractivity contribution in [1.29, 1.82) is 0 Å². The minimum atomic E-state index is -2.82. The van der Waals surface area contributed by atoms with Crippen LogP contribution in [0.5, 0.6) is 0 Å². The molecule has 0 bridgehead atoms.